The summed E-state index contributed by atoms with van der Waals surface area (Å²) < 4.78 is 24.7. The second-order valence-corrected chi connectivity index (χ2v) is 9.75. The molecule has 3 aromatic rings. The molecular weight excluding hydrogens is 472 g/mol. The highest BCUT2D eigenvalue weighted by Gasteiger charge is 2.29. The van der Waals surface area contributed by atoms with Crippen molar-refractivity contribution in [3.63, 3.8) is 0 Å². The Morgan fingerprint density at radius 3 is 2.69 bits per heavy atom. The molecule has 0 spiro atoms. The highest BCUT2D eigenvalue weighted by Crippen LogP contribution is 2.28. The van der Waals surface area contributed by atoms with Crippen LogP contribution >= 0.6 is 0 Å². The molecule has 1 atom stereocenters. The van der Waals surface area contributed by atoms with Crippen molar-refractivity contribution in [2.24, 2.45) is 0 Å². The fourth-order valence-corrected chi connectivity index (χ4v) is 4.05. The maximum Gasteiger partial charge on any atom is 0.414 e. The van der Waals surface area contributed by atoms with Crippen LogP contribution in [0.25, 0.3) is 11.1 Å². The maximum absolute atomic E-state index is 12.3. The Hall–Kier alpha value is -4.03. The number of rotatable bonds is 5. The number of fused-ring (bicyclic) bond motifs is 2. The summed E-state index contributed by atoms with van der Waals surface area (Å²) in [5.74, 6) is 0.380. The Morgan fingerprint density at radius 1 is 1.19 bits per heavy atom. The smallest absolute Gasteiger partial charge is 0.414 e. The predicted molar refractivity (Wildman–Crippen MR) is 127 cm³/mol. The van der Waals surface area contributed by atoms with Crippen molar-refractivity contribution >= 4 is 29.0 Å². The number of benzene rings is 1. The molecule has 13 heteroatoms. The topological polar surface area (TPSA) is 138 Å². The Balaban J connectivity index is 1.17. The number of hydrogen-bond acceptors (Lipinski definition) is 10. The van der Waals surface area contributed by atoms with Crippen LogP contribution in [0.1, 0.15) is 27.2 Å². The van der Waals surface area contributed by atoms with E-state index in [0.717, 1.165) is 0 Å². The van der Waals surface area contributed by atoms with Crippen LogP contribution in [0.3, 0.4) is 0 Å². The zero-order valence-corrected chi connectivity index (χ0v) is 20.4. The van der Waals surface area contributed by atoms with Gasteiger partial charge in [0.15, 0.2) is 5.58 Å². The Labute approximate surface area is 206 Å². The fraction of sp³-hybridized carbons (Fsp3) is 0.522. The van der Waals surface area contributed by atoms with Crippen LogP contribution in [0.4, 0.5) is 16.6 Å². The van der Waals surface area contributed by atoms with E-state index >= 15 is 0 Å². The van der Waals surface area contributed by atoms with E-state index < -0.39 is 10.5 Å². The third-order valence-corrected chi connectivity index (χ3v) is 5.86. The zero-order valence-electron chi connectivity index (χ0n) is 20.4. The molecule has 1 saturated heterocycles. The highest BCUT2D eigenvalue weighted by molar-refractivity contribution is 5.76. The van der Waals surface area contributed by atoms with Gasteiger partial charge in [0.05, 0.1) is 0 Å². The van der Waals surface area contributed by atoms with E-state index in [1.54, 1.807) is 27.7 Å². The number of carbonyl (C=O) groups excluding carboxylic acids is 1. The van der Waals surface area contributed by atoms with Crippen LogP contribution in [0.5, 0.6) is 11.8 Å². The summed E-state index contributed by atoms with van der Waals surface area (Å²) in [5, 5.41) is 10.9. The number of aromatic nitrogens is 3. The summed E-state index contributed by atoms with van der Waals surface area (Å²) in [5.41, 5.74) is 0.767. The number of carbonyl (C=O) groups is 1. The van der Waals surface area contributed by atoms with Gasteiger partial charge in [-0.3, -0.25) is 4.57 Å². The molecule has 0 N–H and O–H groups in total. The first kappa shape index (κ1) is 23.7. The van der Waals surface area contributed by atoms with E-state index in [1.165, 1.54) is 6.20 Å². The molecule has 0 bridgehead atoms. The van der Waals surface area contributed by atoms with Gasteiger partial charge >= 0.3 is 17.9 Å². The minimum Gasteiger partial charge on any atom is -0.490 e. The van der Waals surface area contributed by atoms with Crippen LogP contribution in [0.2, 0.25) is 0 Å². The van der Waals surface area contributed by atoms with Crippen molar-refractivity contribution in [2.45, 2.75) is 45.4 Å². The molecule has 13 nitrogen and oxygen atoms in total. The quantitative estimate of drug-likeness (QED) is 0.379. The lowest BCUT2D eigenvalue weighted by Gasteiger charge is -2.34. The van der Waals surface area contributed by atoms with E-state index in [0.29, 0.717) is 62.0 Å². The number of amides is 1. The molecule has 1 amide bonds. The molecule has 1 fully saturated rings. The number of oxazole rings is 1. The largest absolute Gasteiger partial charge is 0.490 e. The van der Waals surface area contributed by atoms with E-state index in [2.05, 4.69) is 9.97 Å². The number of hydrogen-bond donors (Lipinski definition) is 0. The molecular formula is C23H28N6O7. The van der Waals surface area contributed by atoms with Crippen molar-refractivity contribution < 1.29 is 28.3 Å². The summed E-state index contributed by atoms with van der Waals surface area (Å²) >= 11 is 0. The second-order valence-electron chi connectivity index (χ2n) is 9.75. The number of aryl methyl sites for hydroxylation is 1. The van der Waals surface area contributed by atoms with E-state index in [9.17, 15) is 14.9 Å². The Kier molecular flexibility index (Phi) is 6.06. The average molecular weight is 501 g/mol. The van der Waals surface area contributed by atoms with Gasteiger partial charge in [0.2, 0.25) is 0 Å². The first-order valence-corrected chi connectivity index (χ1v) is 11.8. The Bertz CT molecular complexity index is 1270. The molecule has 36 heavy (non-hydrogen) atoms. The molecule has 4 heterocycles. The summed E-state index contributed by atoms with van der Waals surface area (Å²) in [6.45, 7) is 8.59. The highest BCUT2D eigenvalue weighted by atomic mass is 16.6. The number of imidazole rings is 1. The SMILES string of the molecule is CC(C)(C)OC(=O)N1CCN(c2nc3cc(OC[C@@H]4CCn5cc([N+](=O)[O-])nc5O4)ccc3o2)CC1. The first-order chi connectivity index (χ1) is 17.1. The molecule has 0 aliphatic carbocycles. The van der Waals surface area contributed by atoms with Crippen LogP contribution < -0.4 is 14.4 Å². The minimum atomic E-state index is -0.539. The van der Waals surface area contributed by atoms with Crippen molar-refractivity contribution in [1.29, 1.82) is 0 Å². The standard InChI is InChI=1S/C23H28N6O7/c1-23(2,3)36-22(30)27-10-8-26(9-11-27)20-24-17-12-15(4-5-18(17)35-20)33-14-16-6-7-28-13-19(29(31)32)25-21(28)34-16/h4-5,12-13,16H,6-11,14H2,1-3H3/t16-/m0/s1. The van der Waals surface area contributed by atoms with E-state index in [4.69, 9.17) is 18.6 Å². The lowest BCUT2D eigenvalue weighted by atomic mass is 10.2. The lowest BCUT2D eigenvalue weighted by Crippen LogP contribution is -2.50. The number of anilines is 1. The van der Waals surface area contributed by atoms with Crippen molar-refractivity contribution in [3.8, 4) is 11.8 Å². The molecule has 5 rings (SSSR count). The fourth-order valence-electron chi connectivity index (χ4n) is 4.05. The number of piperazine rings is 1. The lowest BCUT2D eigenvalue weighted by molar-refractivity contribution is -0.389. The first-order valence-electron chi connectivity index (χ1n) is 11.8. The van der Waals surface area contributed by atoms with Gasteiger partial charge in [-0.15, -0.1) is 0 Å². The molecule has 1 aromatic carbocycles. The van der Waals surface area contributed by atoms with Gasteiger partial charge in [-0.2, -0.15) is 4.98 Å². The molecule has 192 valence electrons. The van der Waals surface area contributed by atoms with Crippen molar-refractivity contribution in [3.05, 3.63) is 34.5 Å². The van der Waals surface area contributed by atoms with Gasteiger partial charge in [-0.1, -0.05) is 0 Å². The average Bonchev–Trinajstić information content (AvgIpc) is 3.45. The Morgan fingerprint density at radius 2 is 1.97 bits per heavy atom. The summed E-state index contributed by atoms with van der Waals surface area (Å²) in [6, 6.07) is 6.12. The molecule has 0 saturated carbocycles. The van der Waals surface area contributed by atoms with Gasteiger partial charge in [0.1, 0.15) is 35.8 Å². The van der Waals surface area contributed by atoms with Gasteiger partial charge in [-0.25, -0.2) is 4.79 Å². The zero-order chi connectivity index (χ0) is 25.4. The van der Waals surface area contributed by atoms with E-state index in [-0.39, 0.29) is 30.6 Å². The monoisotopic (exact) mass is 500 g/mol. The molecule has 0 radical (unpaired) electrons. The van der Waals surface area contributed by atoms with E-state index in [1.807, 2.05) is 25.7 Å². The number of nitro groups is 1. The van der Waals surface area contributed by atoms with Gasteiger partial charge in [-0.05, 0) is 37.8 Å². The normalized spacial score (nSPS) is 18.0. The molecule has 2 aliphatic heterocycles. The van der Waals surface area contributed by atoms with Crippen molar-refractivity contribution in [2.75, 3.05) is 37.7 Å². The second kappa shape index (κ2) is 9.21. The number of nitrogens with zero attached hydrogens (tertiary/aromatic N) is 6. The molecule has 2 aromatic heterocycles. The van der Waals surface area contributed by atoms with Gasteiger partial charge < -0.3 is 38.5 Å². The van der Waals surface area contributed by atoms with Crippen LogP contribution in [-0.4, -0.2) is 74.9 Å². The van der Waals surface area contributed by atoms with Crippen LogP contribution in [0.15, 0.2) is 28.8 Å². The third kappa shape index (κ3) is 5.14. The minimum absolute atomic E-state index is 0.227. The van der Waals surface area contributed by atoms with Crippen LogP contribution in [-0.2, 0) is 11.3 Å². The van der Waals surface area contributed by atoms with Gasteiger partial charge in [0, 0.05) is 50.2 Å². The number of ether oxygens (including phenoxy) is 3. The summed E-state index contributed by atoms with van der Waals surface area (Å²) in [6.07, 6.45) is 1.43. The molecule has 2 aliphatic rings. The predicted octanol–water partition coefficient (Wildman–Crippen LogP) is 3.22. The van der Waals surface area contributed by atoms with Crippen LogP contribution in [0, 0.1) is 10.1 Å². The third-order valence-electron chi connectivity index (χ3n) is 5.86. The summed E-state index contributed by atoms with van der Waals surface area (Å²) in [4.78, 5) is 34.9. The van der Waals surface area contributed by atoms with Crippen molar-refractivity contribution in [1.82, 2.24) is 19.4 Å². The maximum atomic E-state index is 12.3. The summed E-state index contributed by atoms with van der Waals surface area (Å²) in [7, 11) is 0. The van der Waals surface area contributed by atoms with Gasteiger partial charge in [0.25, 0.3) is 6.01 Å². The molecule has 0 unspecified atom stereocenters.